The zero-order valence-corrected chi connectivity index (χ0v) is 31.7. The molecule has 4 fully saturated rings. The van der Waals surface area contributed by atoms with Crippen LogP contribution in [0.25, 0.3) is 0 Å². The quantitative estimate of drug-likeness (QED) is 0.146. The molecule has 0 bridgehead atoms. The standard InChI is InChI=1S/C44H74O4/c1-5-7-9-11-13-15-17-41-31-45-43(47-33(41)3)39-27-23-37(24-28-39)35-19-21-36(22-20-35)38-25-29-40(30-26-38)44-46-32-42(34(4)48-44)18-16-14-12-10-8-6-2/h19-22,33-34,37-44H,5-18,23-32H2,1-4H3. The van der Waals surface area contributed by atoms with Crippen molar-refractivity contribution in [1.29, 1.82) is 0 Å². The molecule has 1 aromatic carbocycles. The van der Waals surface area contributed by atoms with Crippen LogP contribution < -0.4 is 0 Å². The van der Waals surface area contributed by atoms with E-state index in [4.69, 9.17) is 18.9 Å². The summed E-state index contributed by atoms with van der Waals surface area (Å²) >= 11 is 0. The second-order valence-corrected chi connectivity index (χ2v) is 16.6. The zero-order valence-electron chi connectivity index (χ0n) is 31.7. The van der Waals surface area contributed by atoms with Gasteiger partial charge in [0.25, 0.3) is 0 Å². The van der Waals surface area contributed by atoms with E-state index in [2.05, 4.69) is 52.0 Å². The highest BCUT2D eigenvalue weighted by Gasteiger charge is 2.37. The van der Waals surface area contributed by atoms with Gasteiger partial charge in [0.1, 0.15) is 0 Å². The van der Waals surface area contributed by atoms with Gasteiger partial charge in [-0.2, -0.15) is 0 Å². The summed E-state index contributed by atoms with van der Waals surface area (Å²) in [6.07, 6.45) is 29.5. The largest absolute Gasteiger partial charge is 0.352 e. The summed E-state index contributed by atoms with van der Waals surface area (Å²) in [7, 11) is 0. The molecule has 5 rings (SSSR count). The van der Waals surface area contributed by atoms with E-state index in [-0.39, 0.29) is 12.6 Å². The Hall–Kier alpha value is -0.940. The second-order valence-electron chi connectivity index (χ2n) is 16.6. The van der Waals surface area contributed by atoms with Crippen molar-refractivity contribution in [2.45, 2.75) is 206 Å². The Morgan fingerprint density at radius 3 is 1.19 bits per heavy atom. The molecule has 1 aromatic rings. The van der Waals surface area contributed by atoms with Crippen LogP contribution in [0.5, 0.6) is 0 Å². The van der Waals surface area contributed by atoms with Crippen LogP contribution in [-0.4, -0.2) is 38.0 Å². The van der Waals surface area contributed by atoms with Gasteiger partial charge in [0.2, 0.25) is 0 Å². The first-order chi connectivity index (χ1) is 23.6. The maximum absolute atomic E-state index is 6.50. The molecule has 274 valence electrons. The van der Waals surface area contributed by atoms with Crippen LogP contribution >= 0.6 is 0 Å². The van der Waals surface area contributed by atoms with Crippen LogP contribution in [0.1, 0.15) is 192 Å². The minimum absolute atomic E-state index is 0.0124. The SMILES string of the molecule is CCCCCCCCC1COC(C2CCC(c3ccc(C4CCC(C5OCC(CCCCCCCC)C(C)O5)CC4)cc3)CC2)OC1C. The average molecular weight is 667 g/mol. The Morgan fingerprint density at radius 2 is 0.833 bits per heavy atom. The summed E-state index contributed by atoms with van der Waals surface area (Å²) in [6.45, 7) is 11.0. The van der Waals surface area contributed by atoms with Crippen molar-refractivity contribution in [3.8, 4) is 0 Å². The fraction of sp³-hybridized carbons (Fsp3) is 0.864. The molecule has 4 heteroatoms. The normalized spacial score (nSPS) is 34.7. The lowest BCUT2D eigenvalue weighted by Gasteiger charge is -2.41. The lowest BCUT2D eigenvalue weighted by Crippen LogP contribution is -2.42. The van der Waals surface area contributed by atoms with E-state index in [1.807, 2.05) is 0 Å². The van der Waals surface area contributed by atoms with Gasteiger partial charge in [-0.3, -0.25) is 0 Å². The first-order valence-corrected chi connectivity index (χ1v) is 21.2. The lowest BCUT2D eigenvalue weighted by molar-refractivity contribution is -0.257. The monoisotopic (exact) mass is 667 g/mol. The van der Waals surface area contributed by atoms with Crippen LogP contribution in [0.3, 0.4) is 0 Å². The van der Waals surface area contributed by atoms with Crippen LogP contribution in [0, 0.1) is 23.7 Å². The maximum atomic E-state index is 6.50. The highest BCUT2D eigenvalue weighted by Crippen LogP contribution is 2.43. The Bertz CT molecular complexity index is 899. The minimum Gasteiger partial charge on any atom is -0.352 e. The predicted octanol–water partition coefficient (Wildman–Crippen LogP) is 12.5. The highest BCUT2D eigenvalue weighted by molar-refractivity contribution is 5.28. The van der Waals surface area contributed by atoms with Crippen molar-refractivity contribution in [2.24, 2.45) is 23.7 Å². The summed E-state index contributed by atoms with van der Waals surface area (Å²) in [5.41, 5.74) is 3.08. The number of hydrogen-bond donors (Lipinski definition) is 0. The minimum atomic E-state index is 0.0124. The Morgan fingerprint density at radius 1 is 0.479 bits per heavy atom. The van der Waals surface area contributed by atoms with Gasteiger partial charge in [-0.15, -0.1) is 0 Å². The first-order valence-electron chi connectivity index (χ1n) is 21.2. The van der Waals surface area contributed by atoms with Crippen molar-refractivity contribution < 1.29 is 18.9 Å². The van der Waals surface area contributed by atoms with Crippen molar-refractivity contribution in [1.82, 2.24) is 0 Å². The van der Waals surface area contributed by atoms with Gasteiger partial charge in [0.05, 0.1) is 25.4 Å². The van der Waals surface area contributed by atoms with Gasteiger partial charge in [-0.05, 0) is 101 Å². The third-order valence-corrected chi connectivity index (χ3v) is 13.0. The molecule has 0 radical (unpaired) electrons. The van der Waals surface area contributed by atoms with Crippen LogP contribution in [0.4, 0.5) is 0 Å². The van der Waals surface area contributed by atoms with Crippen LogP contribution in [0.2, 0.25) is 0 Å². The third kappa shape index (κ3) is 11.5. The molecule has 6 unspecified atom stereocenters. The third-order valence-electron chi connectivity index (χ3n) is 13.0. The van der Waals surface area contributed by atoms with Crippen molar-refractivity contribution in [2.75, 3.05) is 13.2 Å². The maximum Gasteiger partial charge on any atom is 0.160 e. The Kier molecular flexibility index (Phi) is 16.6. The van der Waals surface area contributed by atoms with E-state index in [0.717, 1.165) is 13.2 Å². The summed E-state index contributed by atoms with van der Waals surface area (Å²) in [6, 6.07) is 9.81. The summed E-state index contributed by atoms with van der Waals surface area (Å²) in [5, 5.41) is 0. The van der Waals surface area contributed by atoms with E-state index in [9.17, 15) is 0 Å². The molecular formula is C44H74O4. The number of ether oxygens (including phenoxy) is 4. The smallest absolute Gasteiger partial charge is 0.160 e. The highest BCUT2D eigenvalue weighted by atomic mass is 16.7. The average Bonchev–Trinajstić information content (AvgIpc) is 3.12. The van der Waals surface area contributed by atoms with Gasteiger partial charge in [0, 0.05) is 23.7 Å². The molecule has 2 saturated heterocycles. The number of benzene rings is 1. The molecule has 0 aromatic heterocycles. The molecule has 0 spiro atoms. The van der Waals surface area contributed by atoms with E-state index in [1.165, 1.54) is 152 Å². The van der Waals surface area contributed by atoms with E-state index < -0.39 is 0 Å². The zero-order chi connectivity index (χ0) is 33.6. The summed E-state index contributed by atoms with van der Waals surface area (Å²) < 4.78 is 25.7. The molecule has 4 nitrogen and oxygen atoms in total. The molecule has 2 aliphatic heterocycles. The molecule has 6 atom stereocenters. The summed E-state index contributed by atoms with van der Waals surface area (Å²) in [4.78, 5) is 0. The number of hydrogen-bond acceptors (Lipinski definition) is 4. The Labute approximate surface area is 296 Å². The van der Waals surface area contributed by atoms with E-state index >= 15 is 0 Å². The van der Waals surface area contributed by atoms with E-state index in [1.54, 1.807) is 0 Å². The van der Waals surface area contributed by atoms with E-state index in [0.29, 0.717) is 47.7 Å². The number of rotatable bonds is 18. The van der Waals surface area contributed by atoms with Gasteiger partial charge < -0.3 is 18.9 Å². The first kappa shape index (κ1) is 38.3. The molecule has 2 saturated carbocycles. The Balaban J connectivity index is 0.964. The molecule has 2 aliphatic carbocycles. The van der Waals surface area contributed by atoms with Crippen molar-refractivity contribution in [3.63, 3.8) is 0 Å². The molecule has 4 aliphatic rings. The molecule has 2 heterocycles. The van der Waals surface area contributed by atoms with Gasteiger partial charge in [0.15, 0.2) is 12.6 Å². The van der Waals surface area contributed by atoms with Gasteiger partial charge in [-0.1, -0.05) is 115 Å². The summed E-state index contributed by atoms with van der Waals surface area (Å²) in [5.74, 6) is 3.61. The molecular weight excluding hydrogens is 592 g/mol. The van der Waals surface area contributed by atoms with Gasteiger partial charge in [-0.25, -0.2) is 0 Å². The topological polar surface area (TPSA) is 36.9 Å². The van der Waals surface area contributed by atoms with Crippen molar-refractivity contribution in [3.05, 3.63) is 35.4 Å². The molecule has 48 heavy (non-hydrogen) atoms. The predicted molar refractivity (Wildman–Crippen MR) is 199 cm³/mol. The van der Waals surface area contributed by atoms with Gasteiger partial charge >= 0.3 is 0 Å². The fourth-order valence-electron chi connectivity index (χ4n) is 9.43. The van der Waals surface area contributed by atoms with Crippen molar-refractivity contribution >= 4 is 0 Å². The van der Waals surface area contributed by atoms with Crippen LogP contribution in [0.15, 0.2) is 24.3 Å². The molecule has 0 amide bonds. The second kappa shape index (κ2) is 20.8. The number of unbranched alkanes of at least 4 members (excludes halogenated alkanes) is 10. The fourth-order valence-corrected chi connectivity index (χ4v) is 9.43. The lowest BCUT2D eigenvalue weighted by atomic mass is 9.76. The molecule has 0 N–H and O–H groups in total. The van der Waals surface area contributed by atoms with Crippen LogP contribution in [-0.2, 0) is 18.9 Å².